The van der Waals surface area contributed by atoms with Crippen LogP contribution >= 0.6 is 0 Å². The van der Waals surface area contributed by atoms with Gasteiger partial charge in [-0.2, -0.15) is 0 Å². The molecule has 2 aromatic carbocycles. The molecule has 4 rings (SSSR count). The van der Waals surface area contributed by atoms with Crippen LogP contribution < -0.4 is 15.1 Å². The third-order valence-electron chi connectivity index (χ3n) is 6.04. The lowest BCUT2D eigenvalue weighted by Gasteiger charge is -2.38. The van der Waals surface area contributed by atoms with Gasteiger partial charge in [0.1, 0.15) is 11.6 Å². The molecule has 2 aromatic rings. The van der Waals surface area contributed by atoms with E-state index < -0.39 is 0 Å². The van der Waals surface area contributed by atoms with Gasteiger partial charge in [-0.1, -0.05) is 0 Å². The largest absolute Gasteiger partial charge is 0.338 e. The van der Waals surface area contributed by atoms with Crippen LogP contribution in [0.15, 0.2) is 42.5 Å². The number of rotatable bonds is 4. The number of halogens is 2. The van der Waals surface area contributed by atoms with Crippen molar-refractivity contribution >= 4 is 23.1 Å². The molecule has 1 fully saturated rings. The summed E-state index contributed by atoms with van der Waals surface area (Å²) in [4.78, 5) is 19.0. The van der Waals surface area contributed by atoms with Gasteiger partial charge < -0.3 is 15.1 Å². The Labute approximate surface area is 176 Å². The second-order valence-corrected chi connectivity index (χ2v) is 8.34. The summed E-state index contributed by atoms with van der Waals surface area (Å²) in [6.07, 6.45) is 1.08. The van der Waals surface area contributed by atoms with Gasteiger partial charge in [0, 0.05) is 37.9 Å². The number of nitrogens with one attached hydrogen (secondary N) is 1. The third kappa shape index (κ3) is 4.26. The summed E-state index contributed by atoms with van der Waals surface area (Å²) in [6, 6.07) is 10.9. The number of anilines is 3. The van der Waals surface area contributed by atoms with E-state index in [4.69, 9.17) is 0 Å². The van der Waals surface area contributed by atoms with Crippen LogP contribution in [0.4, 0.5) is 30.6 Å². The number of hydrogen-bond acceptors (Lipinski definition) is 3. The van der Waals surface area contributed by atoms with E-state index in [0.717, 1.165) is 25.2 Å². The number of amides is 2. The fourth-order valence-electron chi connectivity index (χ4n) is 4.31. The molecule has 7 heteroatoms. The lowest BCUT2D eigenvalue weighted by molar-refractivity contribution is 0.242. The fourth-order valence-corrected chi connectivity index (χ4v) is 4.31. The highest BCUT2D eigenvalue weighted by atomic mass is 19.1. The summed E-state index contributed by atoms with van der Waals surface area (Å²) in [5.74, 6) is -0.244. The average molecular weight is 415 g/mol. The van der Waals surface area contributed by atoms with Crippen LogP contribution in [0.25, 0.3) is 0 Å². The first-order valence-corrected chi connectivity index (χ1v) is 10.5. The van der Waals surface area contributed by atoms with E-state index in [1.807, 2.05) is 4.90 Å². The highest BCUT2D eigenvalue weighted by Crippen LogP contribution is 2.38. The van der Waals surface area contributed by atoms with Crippen molar-refractivity contribution in [1.29, 1.82) is 0 Å². The molecule has 0 spiro atoms. The lowest BCUT2D eigenvalue weighted by Crippen LogP contribution is -2.48. The van der Waals surface area contributed by atoms with Crippen LogP contribution in [0.1, 0.15) is 20.3 Å². The summed E-state index contributed by atoms with van der Waals surface area (Å²) in [5.41, 5.74) is 2.03. The summed E-state index contributed by atoms with van der Waals surface area (Å²) in [5, 5.41) is 3.07. The van der Waals surface area contributed by atoms with Gasteiger partial charge in [-0.15, -0.1) is 0 Å². The van der Waals surface area contributed by atoms with E-state index in [1.54, 1.807) is 23.1 Å². The monoisotopic (exact) mass is 414 g/mol. The minimum atomic E-state index is -0.372. The fraction of sp³-hybridized carbons (Fsp3) is 0.435. The Balaban J connectivity index is 1.48. The summed E-state index contributed by atoms with van der Waals surface area (Å²) in [6.45, 7) is 8.05. The molecule has 2 aliphatic heterocycles. The second kappa shape index (κ2) is 8.60. The second-order valence-electron chi connectivity index (χ2n) is 8.34. The Morgan fingerprint density at radius 1 is 1.03 bits per heavy atom. The lowest BCUT2D eigenvalue weighted by atomic mass is 10.1. The maximum Gasteiger partial charge on any atom is 0.322 e. The molecule has 5 nitrogen and oxygen atoms in total. The predicted octanol–water partition coefficient (Wildman–Crippen LogP) is 4.36. The maximum absolute atomic E-state index is 14.0. The smallest absolute Gasteiger partial charge is 0.322 e. The standard InChI is InChI=1S/C23H28F2N4O/c1-16(2)27-10-9-17(15-27)14-26-23(30)29-12-11-28(20-6-3-18(24)4-7-20)22-13-19(25)5-8-21(22)29/h3-8,13,16-17H,9-12,14-15H2,1-2H3,(H,26,30)/t17-/m0/s1. The van der Waals surface area contributed by atoms with Crippen molar-refractivity contribution in [2.24, 2.45) is 5.92 Å². The van der Waals surface area contributed by atoms with Crippen LogP contribution in [0.5, 0.6) is 0 Å². The van der Waals surface area contributed by atoms with E-state index in [9.17, 15) is 13.6 Å². The molecule has 0 bridgehead atoms. The molecule has 2 aliphatic rings. The van der Waals surface area contributed by atoms with Gasteiger partial charge in [-0.3, -0.25) is 4.90 Å². The van der Waals surface area contributed by atoms with Crippen molar-refractivity contribution in [3.63, 3.8) is 0 Å². The minimum absolute atomic E-state index is 0.162. The van der Waals surface area contributed by atoms with Gasteiger partial charge in [0.25, 0.3) is 0 Å². The van der Waals surface area contributed by atoms with E-state index in [-0.39, 0.29) is 17.7 Å². The van der Waals surface area contributed by atoms with Gasteiger partial charge in [0.15, 0.2) is 0 Å². The number of carbonyl (C=O) groups is 1. The highest BCUT2D eigenvalue weighted by Gasteiger charge is 2.29. The topological polar surface area (TPSA) is 38.8 Å². The molecule has 0 unspecified atom stereocenters. The molecule has 1 N–H and O–H groups in total. The van der Waals surface area contributed by atoms with Crippen molar-refractivity contribution in [3.8, 4) is 0 Å². The normalized spacial score (nSPS) is 19.3. The molecule has 2 amide bonds. The van der Waals surface area contributed by atoms with Crippen LogP contribution in [0, 0.1) is 17.6 Å². The van der Waals surface area contributed by atoms with Crippen molar-refractivity contribution in [2.45, 2.75) is 26.3 Å². The van der Waals surface area contributed by atoms with Crippen LogP contribution in [-0.2, 0) is 0 Å². The van der Waals surface area contributed by atoms with E-state index >= 15 is 0 Å². The Bertz CT molecular complexity index is 903. The third-order valence-corrected chi connectivity index (χ3v) is 6.04. The number of carbonyl (C=O) groups excluding carboxylic acids is 1. The Kier molecular flexibility index (Phi) is 5.90. The maximum atomic E-state index is 14.0. The molecule has 2 heterocycles. The zero-order chi connectivity index (χ0) is 21.3. The predicted molar refractivity (Wildman–Crippen MR) is 115 cm³/mol. The first-order chi connectivity index (χ1) is 14.4. The molecule has 0 radical (unpaired) electrons. The summed E-state index contributed by atoms with van der Waals surface area (Å²) in [7, 11) is 0. The molecular formula is C23H28F2N4O. The molecule has 160 valence electrons. The highest BCUT2D eigenvalue weighted by molar-refractivity contribution is 5.97. The van der Waals surface area contributed by atoms with Crippen LogP contribution in [0.2, 0.25) is 0 Å². The molecular weight excluding hydrogens is 386 g/mol. The first kappa shape index (κ1) is 20.6. The minimum Gasteiger partial charge on any atom is -0.338 e. The van der Waals surface area contributed by atoms with Gasteiger partial charge in [-0.25, -0.2) is 13.6 Å². The van der Waals surface area contributed by atoms with Crippen molar-refractivity contribution < 1.29 is 13.6 Å². The van der Waals surface area contributed by atoms with Gasteiger partial charge in [0.2, 0.25) is 0 Å². The number of nitrogens with zero attached hydrogens (tertiary/aromatic N) is 3. The first-order valence-electron chi connectivity index (χ1n) is 10.5. The summed E-state index contributed by atoms with van der Waals surface area (Å²) < 4.78 is 27.3. The molecule has 1 saturated heterocycles. The average Bonchev–Trinajstić information content (AvgIpc) is 3.21. The number of likely N-dealkylation sites (tertiary alicyclic amines) is 1. The van der Waals surface area contributed by atoms with Gasteiger partial charge in [-0.05, 0) is 75.2 Å². The Morgan fingerprint density at radius 2 is 1.77 bits per heavy atom. The molecule has 30 heavy (non-hydrogen) atoms. The van der Waals surface area contributed by atoms with Gasteiger partial charge >= 0.3 is 6.03 Å². The Hall–Kier alpha value is -2.67. The van der Waals surface area contributed by atoms with E-state index in [2.05, 4.69) is 24.1 Å². The van der Waals surface area contributed by atoms with Crippen molar-refractivity contribution in [3.05, 3.63) is 54.1 Å². The van der Waals surface area contributed by atoms with Crippen LogP contribution in [-0.4, -0.2) is 49.7 Å². The quantitative estimate of drug-likeness (QED) is 0.808. The molecule has 1 atom stereocenters. The molecule has 0 aliphatic carbocycles. The zero-order valence-corrected chi connectivity index (χ0v) is 17.4. The number of urea groups is 1. The summed E-state index contributed by atoms with van der Waals surface area (Å²) >= 11 is 0. The zero-order valence-electron chi connectivity index (χ0n) is 17.4. The number of benzene rings is 2. The van der Waals surface area contributed by atoms with Gasteiger partial charge in [0.05, 0.1) is 11.4 Å². The van der Waals surface area contributed by atoms with Crippen molar-refractivity contribution in [1.82, 2.24) is 10.2 Å². The van der Waals surface area contributed by atoms with E-state index in [1.165, 1.54) is 24.3 Å². The van der Waals surface area contributed by atoms with E-state index in [0.29, 0.717) is 43.0 Å². The SMILES string of the molecule is CC(C)N1CC[C@@H](CNC(=O)N2CCN(c3ccc(F)cc3)c3cc(F)ccc32)C1. The van der Waals surface area contributed by atoms with Crippen molar-refractivity contribution in [2.75, 3.05) is 42.5 Å². The van der Waals surface area contributed by atoms with Crippen LogP contribution in [0.3, 0.4) is 0 Å². The Morgan fingerprint density at radius 3 is 2.47 bits per heavy atom. The number of fused-ring (bicyclic) bond motifs is 1. The molecule has 0 aromatic heterocycles. The molecule has 0 saturated carbocycles. The number of hydrogen-bond donors (Lipinski definition) is 1.